The van der Waals surface area contributed by atoms with Crippen molar-refractivity contribution < 1.29 is 13.9 Å². The minimum absolute atomic E-state index is 0.226. The zero-order valence-electron chi connectivity index (χ0n) is 11.4. The fraction of sp³-hybridized carbons (Fsp3) is 0.133. The van der Waals surface area contributed by atoms with Crippen molar-refractivity contribution >= 4 is 0 Å². The van der Waals surface area contributed by atoms with Gasteiger partial charge in [0, 0.05) is 5.56 Å². The van der Waals surface area contributed by atoms with Crippen molar-refractivity contribution in [1.29, 1.82) is 0 Å². The van der Waals surface area contributed by atoms with Crippen LogP contribution in [0.15, 0.2) is 42.5 Å². The molecule has 0 saturated carbocycles. The average molecular weight is 298 g/mol. The number of rotatable bonds is 3. The van der Waals surface area contributed by atoms with E-state index in [-0.39, 0.29) is 12.6 Å². The highest BCUT2D eigenvalue weighted by molar-refractivity contribution is 5.60. The number of halogens is 1. The highest BCUT2D eigenvalue weighted by atomic mass is 19.1. The molecule has 3 aromatic rings. The fourth-order valence-electron chi connectivity index (χ4n) is 2.21. The van der Waals surface area contributed by atoms with Gasteiger partial charge in [-0.25, -0.2) is 4.39 Å². The van der Waals surface area contributed by atoms with E-state index in [0.29, 0.717) is 23.9 Å². The average Bonchev–Trinajstić information content (AvgIpc) is 3.17. The molecule has 7 heteroatoms. The van der Waals surface area contributed by atoms with Gasteiger partial charge < -0.3 is 9.47 Å². The topological polar surface area (TPSA) is 62.1 Å². The van der Waals surface area contributed by atoms with Crippen LogP contribution in [0.2, 0.25) is 0 Å². The minimum Gasteiger partial charge on any atom is -0.454 e. The van der Waals surface area contributed by atoms with Crippen molar-refractivity contribution in [2.24, 2.45) is 0 Å². The van der Waals surface area contributed by atoms with E-state index in [2.05, 4.69) is 15.4 Å². The SMILES string of the molecule is Fc1ccc(Cn2nnc(-c3ccc4c(c3)OCO4)n2)cc1. The summed E-state index contributed by atoms with van der Waals surface area (Å²) in [6, 6.07) is 11.7. The van der Waals surface area contributed by atoms with Gasteiger partial charge in [0.15, 0.2) is 11.5 Å². The molecule has 0 aliphatic carbocycles. The number of hydrogen-bond donors (Lipinski definition) is 0. The van der Waals surface area contributed by atoms with Crippen LogP contribution in [0.5, 0.6) is 11.5 Å². The van der Waals surface area contributed by atoms with Crippen molar-refractivity contribution in [1.82, 2.24) is 20.2 Å². The zero-order chi connectivity index (χ0) is 14.9. The van der Waals surface area contributed by atoms with Gasteiger partial charge in [-0.2, -0.15) is 4.80 Å². The minimum atomic E-state index is -0.267. The van der Waals surface area contributed by atoms with E-state index in [1.807, 2.05) is 18.2 Å². The molecule has 0 N–H and O–H groups in total. The molecule has 1 aliphatic rings. The summed E-state index contributed by atoms with van der Waals surface area (Å²) < 4.78 is 23.5. The molecule has 1 aliphatic heterocycles. The molecule has 0 fully saturated rings. The molecule has 0 radical (unpaired) electrons. The molecule has 22 heavy (non-hydrogen) atoms. The second kappa shape index (κ2) is 5.10. The third-order valence-corrected chi connectivity index (χ3v) is 3.32. The Morgan fingerprint density at radius 1 is 1.05 bits per heavy atom. The molecule has 6 nitrogen and oxygen atoms in total. The monoisotopic (exact) mass is 298 g/mol. The number of ether oxygens (including phenoxy) is 2. The molecular formula is C15H11FN4O2. The Bertz CT molecular complexity index is 817. The van der Waals surface area contributed by atoms with Crippen molar-refractivity contribution in [2.45, 2.75) is 6.54 Å². The number of nitrogens with zero attached hydrogens (tertiary/aromatic N) is 4. The van der Waals surface area contributed by atoms with Gasteiger partial charge in [-0.05, 0) is 41.1 Å². The lowest BCUT2D eigenvalue weighted by Gasteiger charge is -1.99. The van der Waals surface area contributed by atoms with Crippen LogP contribution in [-0.4, -0.2) is 27.0 Å². The summed E-state index contributed by atoms with van der Waals surface area (Å²) in [7, 11) is 0. The van der Waals surface area contributed by atoms with Crippen LogP contribution >= 0.6 is 0 Å². The van der Waals surface area contributed by atoms with Gasteiger partial charge >= 0.3 is 0 Å². The Balaban J connectivity index is 1.57. The Kier molecular flexibility index (Phi) is 2.96. The van der Waals surface area contributed by atoms with Crippen molar-refractivity contribution in [3.8, 4) is 22.9 Å². The number of fused-ring (bicyclic) bond motifs is 1. The summed E-state index contributed by atoms with van der Waals surface area (Å²) in [6.45, 7) is 0.654. The molecule has 110 valence electrons. The normalized spacial score (nSPS) is 12.6. The largest absolute Gasteiger partial charge is 0.454 e. The van der Waals surface area contributed by atoms with E-state index in [1.54, 1.807) is 12.1 Å². The lowest BCUT2D eigenvalue weighted by atomic mass is 10.2. The molecular weight excluding hydrogens is 287 g/mol. The van der Waals surface area contributed by atoms with Crippen LogP contribution in [0.3, 0.4) is 0 Å². The lowest BCUT2D eigenvalue weighted by molar-refractivity contribution is 0.174. The highest BCUT2D eigenvalue weighted by Crippen LogP contribution is 2.34. The fourth-order valence-corrected chi connectivity index (χ4v) is 2.21. The van der Waals surface area contributed by atoms with E-state index in [4.69, 9.17) is 9.47 Å². The number of hydrogen-bond acceptors (Lipinski definition) is 5. The van der Waals surface area contributed by atoms with E-state index >= 15 is 0 Å². The summed E-state index contributed by atoms with van der Waals surface area (Å²) in [5.74, 6) is 1.62. The van der Waals surface area contributed by atoms with E-state index in [1.165, 1.54) is 16.9 Å². The predicted molar refractivity (Wildman–Crippen MR) is 74.9 cm³/mol. The molecule has 2 aromatic carbocycles. The third-order valence-electron chi connectivity index (χ3n) is 3.32. The first kappa shape index (κ1) is 12.8. The molecule has 2 heterocycles. The Morgan fingerprint density at radius 2 is 1.86 bits per heavy atom. The molecule has 0 bridgehead atoms. The molecule has 0 amide bonds. The zero-order valence-corrected chi connectivity index (χ0v) is 11.4. The third kappa shape index (κ3) is 2.37. The van der Waals surface area contributed by atoms with Crippen molar-refractivity contribution in [2.75, 3.05) is 6.79 Å². The molecule has 4 rings (SSSR count). The summed E-state index contributed by atoms with van der Waals surface area (Å²) >= 11 is 0. The van der Waals surface area contributed by atoms with Crippen LogP contribution in [0.25, 0.3) is 11.4 Å². The van der Waals surface area contributed by atoms with Gasteiger partial charge in [0.25, 0.3) is 0 Å². The first-order chi connectivity index (χ1) is 10.8. The van der Waals surface area contributed by atoms with Crippen molar-refractivity contribution in [3.63, 3.8) is 0 Å². The quantitative estimate of drug-likeness (QED) is 0.742. The number of tetrazole rings is 1. The Labute approximate surface area is 125 Å². The van der Waals surface area contributed by atoms with Gasteiger partial charge in [0.2, 0.25) is 12.6 Å². The van der Waals surface area contributed by atoms with Gasteiger partial charge in [-0.3, -0.25) is 0 Å². The van der Waals surface area contributed by atoms with Crippen LogP contribution in [0, 0.1) is 5.82 Å². The maximum absolute atomic E-state index is 12.9. The maximum atomic E-state index is 12.9. The lowest BCUT2D eigenvalue weighted by Crippen LogP contribution is -2.04. The van der Waals surface area contributed by atoms with Crippen LogP contribution < -0.4 is 9.47 Å². The van der Waals surface area contributed by atoms with Gasteiger partial charge in [0.1, 0.15) is 5.82 Å². The summed E-state index contributed by atoms with van der Waals surface area (Å²) in [5, 5.41) is 12.4. The van der Waals surface area contributed by atoms with Gasteiger partial charge in [-0.1, -0.05) is 12.1 Å². The molecule has 0 atom stereocenters. The van der Waals surface area contributed by atoms with Crippen LogP contribution in [0.4, 0.5) is 4.39 Å². The van der Waals surface area contributed by atoms with Crippen LogP contribution in [0.1, 0.15) is 5.56 Å². The number of benzene rings is 2. The first-order valence-electron chi connectivity index (χ1n) is 6.70. The highest BCUT2D eigenvalue weighted by Gasteiger charge is 2.15. The summed E-state index contributed by atoms with van der Waals surface area (Å²) in [5.41, 5.74) is 1.70. The van der Waals surface area contributed by atoms with Crippen molar-refractivity contribution in [3.05, 3.63) is 53.8 Å². The predicted octanol–water partition coefficient (Wildman–Crippen LogP) is 2.26. The molecule has 0 saturated heterocycles. The van der Waals surface area contributed by atoms with Gasteiger partial charge in [-0.15, -0.1) is 10.2 Å². The molecule has 0 unspecified atom stereocenters. The number of aromatic nitrogens is 4. The van der Waals surface area contributed by atoms with E-state index in [0.717, 1.165) is 11.1 Å². The smallest absolute Gasteiger partial charge is 0.231 e. The Morgan fingerprint density at radius 3 is 2.73 bits per heavy atom. The summed E-state index contributed by atoms with van der Waals surface area (Å²) in [4.78, 5) is 1.47. The summed E-state index contributed by atoms with van der Waals surface area (Å²) in [6.07, 6.45) is 0. The second-order valence-electron chi connectivity index (χ2n) is 4.84. The first-order valence-corrected chi connectivity index (χ1v) is 6.70. The van der Waals surface area contributed by atoms with Gasteiger partial charge in [0.05, 0.1) is 6.54 Å². The standard InChI is InChI=1S/C15H11FN4O2/c16-12-4-1-10(2-5-12)8-20-18-15(17-19-20)11-3-6-13-14(7-11)22-9-21-13/h1-7H,8-9H2. The van der Waals surface area contributed by atoms with E-state index in [9.17, 15) is 4.39 Å². The molecule has 0 spiro atoms. The second-order valence-corrected chi connectivity index (χ2v) is 4.84. The Hall–Kier alpha value is -2.96. The van der Waals surface area contributed by atoms with Crippen LogP contribution in [-0.2, 0) is 6.54 Å². The van der Waals surface area contributed by atoms with E-state index < -0.39 is 0 Å². The maximum Gasteiger partial charge on any atom is 0.231 e. The molecule has 1 aromatic heterocycles.